The molecule has 1 saturated heterocycles. The van der Waals surface area contributed by atoms with Crippen molar-refractivity contribution in [3.05, 3.63) is 63.7 Å². The number of rotatable bonds is 5. The van der Waals surface area contributed by atoms with Crippen molar-refractivity contribution < 1.29 is 13.2 Å². The van der Waals surface area contributed by atoms with Crippen molar-refractivity contribution in [1.82, 2.24) is 18.8 Å². The van der Waals surface area contributed by atoms with Gasteiger partial charge in [-0.15, -0.1) is 0 Å². The van der Waals surface area contributed by atoms with E-state index in [2.05, 4.69) is 4.90 Å². The molecule has 1 atom stereocenters. The molecule has 0 amide bonds. The van der Waals surface area contributed by atoms with Crippen LogP contribution < -0.4 is 10.3 Å². The Balaban J connectivity index is 1.53. The topological polar surface area (TPSA) is 84.7 Å². The first-order valence-corrected chi connectivity index (χ1v) is 12.1. The van der Waals surface area contributed by atoms with Gasteiger partial charge in [0, 0.05) is 38.2 Å². The molecule has 0 aliphatic carbocycles. The van der Waals surface area contributed by atoms with Gasteiger partial charge >= 0.3 is 0 Å². The van der Waals surface area contributed by atoms with Gasteiger partial charge in [0.05, 0.1) is 29.0 Å². The third kappa shape index (κ3) is 4.13. The van der Waals surface area contributed by atoms with Gasteiger partial charge in [-0.1, -0.05) is 11.6 Å². The second kappa shape index (κ2) is 8.82. The first-order chi connectivity index (χ1) is 15.2. The van der Waals surface area contributed by atoms with Crippen molar-refractivity contribution in [2.75, 3.05) is 33.3 Å². The molecule has 3 aromatic rings. The van der Waals surface area contributed by atoms with Crippen LogP contribution in [0, 0.1) is 0 Å². The largest absolute Gasteiger partial charge is 0.497 e. The molecule has 1 aliphatic rings. The van der Waals surface area contributed by atoms with Crippen LogP contribution in [0.5, 0.6) is 5.75 Å². The van der Waals surface area contributed by atoms with Crippen molar-refractivity contribution in [2.24, 2.45) is 7.05 Å². The van der Waals surface area contributed by atoms with Crippen LogP contribution >= 0.6 is 11.6 Å². The molecule has 1 unspecified atom stereocenters. The normalized spacial score (nSPS) is 16.9. The molecule has 1 fully saturated rings. The lowest BCUT2D eigenvalue weighted by molar-refractivity contribution is 0.139. The monoisotopic (exact) mass is 476 g/mol. The average Bonchev–Trinajstić information content (AvgIpc) is 2.81. The van der Waals surface area contributed by atoms with Crippen molar-refractivity contribution >= 4 is 32.5 Å². The second-order valence-corrected chi connectivity index (χ2v) is 10.2. The Morgan fingerprint density at radius 2 is 1.72 bits per heavy atom. The van der Waals surface area contributed by atoms with Crippen LogP contribution in [0.15, 0.2) is 52.2 Å². The summed E-state index contributed by atoms with van der Waals surface area (Å²) in [6.07, 6.45) is 0. The number of methoxy groups -OCH3 is 1. The van der Waals surface area contributed by atoms with Gasteiger partial charge in [0.15, 0.2) is 0 Å². The van der Waals surface area contributed by atoms with Gasteiger partial charge in [0.25, 0.3) is 5.56 Å². The SMILES string of the molecule is COc1ccc(S(=O)(=O)N2CCN(C(C)c3nc4cc(Cl)ccc4c(=O)n3C)CC2)cc1. The van der Waals surface area contributed by atoms with Gasteiger partial charge in [0.1, 0.15) is 11.6 Å². The third-order valence-corrected chi connectivity index (χ3v) is 8.11. The maximum absolute atomic E-state index is 13.0. The van der Waals surface area contributed by atoms with E-state index in [0.717, 1.165) is 0 Å². The summed E-state index contributed by atoms with van der Waals surface area (Å²) < 4.78 is 34.2. The van der Waals surface area contributed by atoms with E-state index < -0.39 is 10.0 Å². The quantitative estimate of drug-likeness (QED) is 0.563. The summed E-state index contributed by atoms with van der Waals surface area (Å²) in [5, 5.41) is 1.04. The molecule has 1 aromatic heterocycles. The molecule has 0 bridgehead atoms. The number of ether oxygens (including phenoxy) is 1. The predicted octanol–water partition coefficient (Wildman–Crippen LogP) is 2.66. The number of sulfonamides is 1. The number of halogens is 1. The highest BCUT2D eigenvalue weighted by molar-refractivity contribution is 7.89. The van der Waals surface area contributed by atoms with E-state index in [9.17, 15) is 13.2 Å². The molecule has 0 spiro atoms. The maximum Gasteiger partial charge on any atom is 0.261 e. The fraction of sp³-hybridized carbons (Fsp3) is 0.364. The van der Waals surface area contributed by atoms with Crippen molar-refractivity contribution in [3.63, 3.8) is 0 Å². The zero-order valence-electron chi connectivity index (χ0n) is 18.2. The van der Waals surface area contributed by atoms with Gasteiger partial charge < -0.3 is 4.74 Å². The summed E-state index contributed by atoms with van der Waals surface area (Å²) in [5.41, 5.74) is 0.428. The molecule has 170 valence electrons. The number of nitrogens with zero attached hydrogens (tertiary/aromatic N) is 4. The molecule has 32 heavy (non-hydrogen) atoms. The molecular formula is C22H25ClN4O4S. The minimum Gasteiger partial charge on any atom is -0.497 e. The number of hydrogen-bond acceptors (Lipinski definition) is 6. The summed E-state index contributed by atoms with van der Waals surface area (Å²) in [4.78, 5) is 19.9. The molecule has 1 aliphatic heterocycles. The van der Waals surface area contributed by atoms with Crippen LogP contribution in [0.25, 0.3) is 10.9 Å². The minimum absolute atomic E-state index is 0.130. The maximum atomic E-state index is 13.0. The second-order valence-electron chi connectivity index (χ2n) is 7.79. The molecule has 0 saturated carbocycles. The molecule has 2 aromatic carbocycles. The molecule has 8 nitrogen and oxygen atoms in total. The molecule has 0 radical (unpaired) electrons. The van der Waals surface area contributed by atoms with Crippen LogP contribution in [0.2, 0.25) is 5.02 Å². The number of hydrogen-bond donors (Lipinski definition) is 0. The smallest absolute Gasteiger partial charge is 0.261 e. The van der Waals surface area contributed by atoms with Gasteiger partial charge in [-0.25, -0.2) is 13.4 Å². The Labute approximate surface area is 192 Å². The summed E-state index contributed by atoms with van der Waals surface area (Å²) >= 11 is 6.09. The molecule has 10 heteroatoms. The minimum atomic E-state index is -3.58. The summed E-state index contributed by atoms with van der Waals surface area (Å²) in [6, 6.07) is 11.3. The van der Waals surface area contributed by atoms with E-state index in [1.807, 2.05) is 6.92 Å². The predicted molar refractivity (Wildman–Crippen MR) is 124 cm³/mol. The van der Waals surface area contributed by atoms with E-state index in [-0.39, 0.29) is 16.5 Å². The van der Waals surface area contributed by atoms with Crippen molar-refractivity contribution in [2.45, 2.75) is 17.9 Å². The Kier molecular flexibility index (Phi) is 6.26. The third-order valence-electron chi connectivity index (χ3n) is 5.97. The van der Waals surface area contributed by atoms with Gasteiger partial charge in [-0.3, -0.25) is 14.3 Å². The molecule has 0 N–H and O–H groups in total. The first kappa shape index (κ1) is 22.7. The highest BCUT2D eigenvalue weighted by Crippen LogP contribution is 2.25. The molecular weight excluding hydrogens is 452 g/mol. The van der Waals surface area contributed by atoms with E-state index in [4.69, 9.17) is 21.3 Å². The summed E-state index contributed by atoms with van der Waals surface area (Å²) in [7, 11) is -0.335. The van der Waals surface area contributed by atoms with Crippen molar-refractivity contribution in [3.8, 4) is 5.75 Å². The van der Waals surface area contributed by atoms with Crippen LogP contribution in [-0.4, -0.2) is 60.5 Å². The Morgan fingerprint density at radius 3 is 2.34 bits per heavy atom. The Bertz CT molecular complexity index is 1300. The number of fused-ring (bicyclic) bond motifs is 1. The fourth-order valence-corrected chi connectivity index (χ4v) is 5.61. The number of benzene rings is 2. The van der Waals surface area contributed by atoms with E-state index in [1.54, 1.807) is 61.2 Å². The van der Waals surface area contributed by atoms with Gasteiger partial charge in [-0.05, 0) is 49.4 Å². The van der Waals surface area contributed by atoms with E-state index >= 15 is 0 Å². The van der Waals surface area contributed by atoms with Crippen molar-refractivity contribution in [1.29, 1.82) is 0 Å². The highest BCUT2D eigenvalue weighted by Gasteiger charge is 2.31. The van der Waals surface area contributed by atoms with E-state index in [0.29, 0.717) is 53.7 Å². The summed E-state index contributed by atoms with van der Waals surface area (Å²) in [5.74, 6) is 1.23. The fourth-order valence-electron chi connectivity index (χ4n) is 4.03. The Hall–Kier alpha value is -2.46. The van der Waals surface area contributed by atoms with Crippen LogP contribution in [-0.2, 0) is 17.1 Å². The number of aromatic nitrogens is 2. The number of piperazine rings is 1. The van der Waals surface area contributed by atoms with Gasteiger partial charge in [-0.2, -0.15) is 4.31 Å². The van der Waals surface area contributed by atoms with Crippen LogP contribution in [0.3, 0.4) is 0 Å². The van der Waals surface area contributed by atoms with E-state index in [1.165, 1.54) is 4.31 Å². The molecule has 4 rings (SSSR count). The summed E-state index contributed by atoms with van der Waals surface area (Å²) in [6.45, 7) is 3.74. The zero-order valence-corrected chi connectivity index (χ0v) is 19.7. The standard InChI is InChI=1S/C22H25ClN4O4S/c1-15(21-24-20-14-16(23)4-9-19(20)22(28)25(21)2)26-10-12-27(13-11-26)32(29,30)18-7-5-17(31-3)6-8-18/h4-9,14-15H,10-13H2,1-3H3. The lowest BCUT2D eigenvalue weighted by Crippen LogP contribution is -2.49. The lowest BCUT2D eigenvalue weighted by atomic mass is 10.2. The van der Waals surface area contributed by atoms with Crippen LogP contribution in [0.4, 0.5) is 0 Å². The lowest BCUT2D eigenvalue weighted by Gasteiger charge is -2.37. The zero-order chi connectivity index (χ0) is 23.0. The highest BCUT2D eigenvalue weighted by atomic mass is 35.5. The first-order valence-electron chi connectivity index (χ1n) is 10.3. The molecule has 2 heterocycles. The average molecular weight is 477 g/mol. The van der Waals surface area contributed by atoms with Crippen LogP contribution in [0.1, 0.15) is 18.8 Å². The Morgan fingerprint density at radius 1 is 1.06 bits per heavy atom. The van der Waals surface area contributed by atoms with Gasteiger partial charge in [0.2, 0.25) is 10.0 Å².